The molecule has 88 valence electrons. The van der Waals surface area contributed by atoms with Gasteiger partial charge in [-0.3, -0.25) is 0 Å². The zero-order chi connectivity index (χ0) is 11.5. The minimum absolute atomic E-state index is 0.836. The van der Waals surface area contributed by atoms with E-state index in [1.807, 2.05) is 0 Å². The van der Waals surface area contributed by atoms with Gasteiger partial charge in [0.2, 0.25) is 0 Å². The van der Waals surface area contributed by atoms with E-state index in [1.54, 1.807) is 5.56 Å². The monoisotopic (exact) mass is 216 g/mol. The molecule has 1 aliphatic rings. The zero-order valence-corrected chi connectivity index (χ0v) is 10.9. The van der Waals surface area contributed by atoms with Crippen LogP contribution in [-0.2, 0) is 0 Å². The van der Waals surface area contributed by atoms with Crippen molar-refractivity contribution in [2.24, 2.45) is 11.8 Å². The number of hydrogen-bond acceptors (Lipinski definition) is 0. The lowest BCUT2D eigenvalue weighted by Crippen LogP contribution is -2.03. The van der Waals surface area contributed by atoms with Crippen LogP contribution in [0.5, 0.6) is 0 Å². The molecule has 2 rings (SSSR count). The van der Waals surface area contributed by atoms with Crippen LogP contribution >= 0.6 is 0 Å². The van der Waals surface area contributed by atoms with E-state index in [1.165, 1.54) is 31.2 Å². The molecule has 1 fully saturated rings. The van der Waals surface area contributed by atoms with Crippen LogP contribution in [0.15, 0.2) is 24.3 Å². The summed E-state index contributed by atoms with van der Waals surface area (Å²) in [5.41, 5.74) is 2.95. The van der Waals surface area contributed by atoms with Gasteiger partial charge in [0.25, 0.3) is 0 Å². The second kappa shape index (κ2) is 5.03. The Morgan fingerprint density at radius 1 is 1.06 bits per heavy atom. The van der Waals surface area contributed by atoms with E-state index in [2.05, 4.69) is 45.0 Å². The molecule has 0 radical (unpaired) electrons. The van der Waals surface area contributed by atoms with Gasteiger partial charge in [0, 0.05) is 0 Å². The molecule has 0 heterocycles. The van der Waals surface area contributed by atoms with Gasteiger partial charge in [-0.25, -0.2) is 0 Å². The highest BCUT2D eigenvalue weighted by Crippen LogP contribution is 2.45. The average molecular weight is 216 g/mol. The summed E-state index contributed by atoms with van der Waals surface area (Å²) in [6.07, 6.45) is 5.66. The molecule has 0 bridgehead atoms. The number of rotatable bonds is 5. The van der Waals surface area contributed by atoms with Crippen molar-refractivity contribution in [3.05, 3.63) is 35.4 Å². The van der Waals surface area contributed by atoms with Crippen molar-refractivity contribution in [1.82, 2.24) is 0 Å². The first-order valence-corrected chi connectivity index (χ1v) is 6.73. The molecule has 0 nitrogen and oxygen atoms in total. The van der Waals surface area contributed by atoms with Gasteiger partial charge in [0.05, 0.1) is 0 Å². The lowest BCUT2D eigenvalue weighted by atomic mass is 9.87. The third-order valence-corrected chi connectivity index (χ3v) is 3.75. The quantitative estimate of drug-likeness (QED) is 0.655. The lowest BCUT2D eigenvalue weighted by Gasteiger charge is -2.18. The van der Waals surface area contributed by atoms with Gasteiger partial charge in [-0.2, -0.15) is 0 Å². The van der Waals surface area contributed by atoms with Crippen LogP contribution in [0.1, 0.15) is 56.6 Å². The molecule has 1 unspecified atom stereocenters. The van der Waals surface area contributed by atoms with Gasteiger partial charge in [0.15, 0.2) is 0 Å². The molecule has 1 atom stereocenters. The Hall–Kier alpha value is -0.780. The molecule has 1 aromatic carbocycles. The molecule has 0 amide bonds. The Balaban J connectivity index is 2.03. The van der Waals surface area contributed by atoms with Crippen LogP contribution in [-0.4, -0.2) is 0 Å². The molecular formula is C16H24. The van der Waals surface area contributed by atoms with E-state index >= 15 is 0 Å². The molecule has 1 aliphatic carbocycles. The summed E-state index contributed by atoms with van der Waals surface area (Å²) >= 11 is 0. The van der Waals surface area contributed by atoms with E-state index in [-0.39, 0.29) is 0 Å². The van der Waals surface area contributed by atoms with E-state index in [0.717, 1.165) is 17.8 Å². The van der Waals surface area contributed by atoms with Crippen LogP contribution in [0.4, 0.5) is 0 Å². The highest BCUT2D eigenvalue weighted by molar-refractivity contribution is 5.26. The molecule has 0 heteroatoms. The number of benzene rings is 1. The first-order valence-electron chi connectivity index (χ1n) is 6.73. The number of hydrogen-bond donors (Lipinski definition) is 0. The molecule has 1 saturated carbocycles. The third kappa shape index (κ3) is 3.10. The minimum atomic E-state index is 0.836. The summed E-state index contributed by atoms with van der Waals surface area (Å²) < 4.78 is 0. The van der Waals surface area contributed by atoms with Crippen LogP contribution in [0.2, 0.25) is 0 Å². The van der Waals surface area contributed by atoms with E-state index in [0.29, 0.717) is 0 Å². The Morgan fingerprint density at radius 2 is 1.69 bits per heavy atom. The third-order valence-electron chi connectivity index (χ3n) is 3.75. The van der Waals surface area contributed by atoms with Crippen molar-refractivity contribution in [2.75, 3.05) is 0 Å². The van der Waals surface area contributed by atoms with Gasteiger partial charge in [0.1, 0.15) is 0 Å². The molecule has 0 aliphatic heterocycles. The van der Waals surface area contributed by atoms with Crippen molar-refractivity contribution in [3.63, 3.8) is 0 Å². The van der Waals surface area contributed by atoms with E-state index in [4.69, 9.17) is 0 Å². The number of aryl methyl sites for hydroxylation is 1. The topological polar surface area (TPSA) is 0 Å². The van der Waals surface area contributed by atoms with Crippen LogP contribution in [0, 0.1) is 18.8 Å². The predicted molar refractivity (Wildman–Crippen MR) is 70.7 cm³/mol. The van der Waals surface area contributed by atoms with Crippen molar-refractivity contribution in [1.29, 1.82) is 0 Å². The van der Waals surface area contributed by atoms with E-state index in [9.17, 15) is 0 Å². The fraction of sp³-hybridized carbons (Fsp3) is 0.625. The largest absolute Gasteiger partial charge is 0.0628 e. The summed E-state index contributed by atoms with van der Waals surface area (Å²) in [5.74, 6) is 2.66. The molecule has 0 spiro atoms. The molecule has 0 saturated heterocycles. The summed E-state index contributed by atoms with van der Waals surface area (Å²) in [6, 6.07) is 9.22. The van der Waals surface area contributed by atoms with Crippen molar-refractivity contribution in [3.8, 4) is 0 Å². The van der Waals surface area contributed by atoms with Gasteiger partial charge in [-0.1, -0.05) is 50.1 Å². The second-order valence-electron chi connectivity index (χ2n) is 5.83. The maximum atomic E-state index is 2.35. The Morgan fingerprint density at radius 3 is 2.19 bits per heavy atom. The van der Waals surface area contributed by atoms with Crippen molar-refractivity contribution >= 4 is 0 Å². The Bertz CT molecular complexity index is 316. The van der Waals surface area contributed by atoms with Crippen LogP contribution < -0.4 is 0 Å². The molecule has 1 aromatic rings. The highest BCUT2D eigenvalue weighted by Gasteiger charge is 2.31. The van der Waals surface area contributed by atoms with Crippen molar-refractivity contribution < 1.29 is 0 Å². The van der Waals surface area contributed by atoms with Gasteiger partial charge in [-0.05, 0) is 49.5 Å². The van der Waals surface area contributed by atoms with Crippen LogP contribution in [0.25, 0.3) is 0 Å². The fourth-order valence-corrected chi connectivity index (χ4v) is 2.50. The normalized spacial score (nSPS) is 17.8. The summed E-state index contributed by atoms with van der Waals surface area (Å²) in [5, 5.41) is 0. The standard InChI is InChI=1S/C16H24/c1-12(2)4-11-16(15-9-10-15)14-7-5-13(3)6-8-14/h5-8,12,15-16H,4,9-11H2,1-3H3. The average Bonchev–Trinajstić information content (AvgIpc) is 3.04. The molecular weight excluding hydrogens is 192 g/mol. The smallest absolute Gasteiger partial charge is 0.0134 e. The summed E-state index contributed by atoms with van der Waals surface area (Å²) in [7, 11) is 0. The first kappa shape index (κ1) is 11.7. The molecule has 0 aromatic heterocycles. The van der Waals surface area contributed by atoms with Gasteiger partial charge in [-0.15, -0.1) is 0 Å². The zero-order valence-electron chi connectivity index (χ0n) is 10.9. The Kier molecular flexibility index (Phi) is 3.68. The maximum absolute atomic E-state index is 2.35. The van der Waals surface area contributed by atoms with Gasteiger partial charge < -0.3 is 0 Å². The molecule has 16 heavy (non-hydrogen) atoms. The first-order chi connectivity index (χ1) is 7.66. The predicted octanol–water partition coefficient (Wildman–Crippen LogP) is 4.92. The minimum Gasteiger partial charge on any atom is -0.0628 e. The lowest BCUT2D eigenvalue weighted by molar-refractivity contribution is 0.469. The van der Waals surface area contributed by atoms with E-state index < -0.39 is 0 Å². The second-order valence-corrected chi connectivity index (χ2v) is 5.83. The van der Waals surface area contributed by atoms with Gasteiger partial charge >= 0.3 is 0 Å². The Labute approximate surface area is 100 Å². The SMILES string of the molecule is Cc1ccc(C(CCC(C)C)C2CC2)cc1. The summed E-state index contributed by atoms with van der Waals surface area (Å²) in [4.78, 5) is 0. The molecule has 0 N–H and O–H groups in total. The fourth-order valence-electron chi connectivity index (χ4n) is 2.50. The summed E-state index contributed by atoms with van der Waals surface area (Å²) in [6.45, 7) is 6.84. The highest BCUT2D eigenvalue weighted by atomic mass is 14.4. The van der Waals surface area contributed by atoms with Crippen LogP contribution in [0.3, 0.4) is 0 Å². The maximum Gasteiger partial charge on any atom is -0.0134 e. The van der Waals surface area contributed by atoms with Crippen molar-refractivity contribution in [2.45, 2.75) is 52.4 Å².